The fraction of sp³-hybridized carbons (Fsp3) is 0.591. The normalized spacial score (nSPS) is 22.4. The number of thiophene rings is 1. The lowest BCUT2D eigenvalue weighted by Crippen LogP contribution is -2.47. The molecule has 0 radical (unpaired) electrons. The summed E-state index contributed by atoms with van der Waals surface area (Å²) in [7, 11) is -2.90. The predicted molar refractivity (Wildman–Crippen MR) is 124 cm³/mol. The summed E-state index contributed by atoms with van der Waals surface area (Å²) in [6, 6.07) is 8.41. The second-order valence-electron chi connectivity index (χ2n) is 8.51. The van der Waals surface area contributed by atoms with E-state index in [4.69, 9.17) is 33.7 Å². The summed E-state index contributed by atoms with van der Waals surface area (Å²) in [6.45, 7) is 2.70. The molecule has 1 spiro atoms. The van der Waals surface area contributed by atoms with E-state index in [-0.39, 0.29) is 11.0 Å². The Morgan fingerprint density at radius 2 is 1.97 bits per heavy atom. The highest BCUT2D eigenvalue weighted by Gasteiger charge is 2.48. The maximum Gasteiger partial charge on any atom is 0.466 e. The van der Waals surface area contributed by atoms with Crippen molar-refractivity contribution >= 4 is 19.2 Å². The molecule has 1 aliphatic heterocycles. The van der Waals surface area contributed by atoms with Crippen LogP contribution in [0.15, 0.2) is 35.8 Å². The number of pyridine rings is 1. The van der Waals surface area contributed by atoms with Crippen LogP contribution >= 0.6 is 19.2 Å². The zero-order chi connectivity index (χ0) is 23.1. The average Bonchev–Trinajstić information content (AvgIpc) is 3.40. The van der Waals surface area contributed by atoms with Crippen LogP contribution < -0.4 is 10.1 Å². The first-order chi connectivity index (χ1) is 15.3. The Kier molecular flexibility index (Phi) is 8.86. The van der Waals surface area contributed by atoms with Crippen molar-refractivity contribution < 1.29 is 28.7 Å². The Morgan fingerprint density at radius 3 is 2.62 bits per heavy atom. The van der Waals surface area contributed by atoms with Gasteiger partial charge >= 0.3 is 7.82 Å². The molecule has 2 aliphatic rings. The van der Waals surface area contributed by atoms with E-state index in [0.717, 1.165) is 44.7 Å². The Hall–Kier alpha value is -1.32. The minimum Gasteiger partial charge on any atom is -0.496 e. The number of hydrogen-bond donors (Lipinski definition) is 4. The fourth-order valence-corrected chi connectivity index (χ4v) is 5.77. The van der Waals surface area contributed by atoms with Gasteiger partial charge in [-0.2, -0.15) is 0 Å². The molecular weight excluding hydrogens is 451 g/mol. The molecule has 10 heteroatoms. The fourth-order valence-electron chi connectivity index (χ4n) is 4.97. The van der Waals surface area contributed by atoms with Crippen LogP contribution in [0.3, 0.4) is 0 Å². The lowest BCUT2D eigenvalue weighted by Gasteiger charge is -2.46. The zero-order valence-electron chi connectivity index (χ0n) is 18.4. The third kappa shape index (κ3) is 7.09. The summed E-state index contributed by atoms with van der Waals surface area (Å²) in [6.07, 6.45) is 10.2. The molecule has 0 aromatic carbocycles. The van der Waals surface area contributed by atoms with Crippen molar-refractivity contribution in [1.29, 1.82) is 0 Å². The average molecular weight is 485 g/mol. The SMILES string of the molecule is COc1ccsc1CNCC[C@@]1(c2ccccn2)CCOC2(CCCC2)C1.O=P(O)(O)O. The van der Waals surface area contributed by atoms with Crippen LogP contribution in [0.4, 0.5) is 0 Å². The summed E-state index contributed by atoms with van der Waals surface area (Å²) < 4.78 is 20.6. The highest BCUT2D eigenvalue weighted by atomic mass is 32.1. The number of phosphoric acid groups is 1. The molecule has 178 valence electrons. The van der Waals surface area contributed by atoms with E-state index in [2.05, 4.69) is 22.8 Å². The van der Waals surface area contributed by atoms with Crippen molar-refractivity contribution in [3.63, 3.8) is 0 Å². The molecule has 32 heavy (non-hydrogen) atoms. The summed E-state index contributed by atoms with van der Waals surface area (Å²) >= 11 is 1.75. The Balaban J connectivity index is 0.000000523. The van der Waals surface area contributed by atoms with Gasteiger partial charge in [-0.25, -0.2) is 4.57 Å². The lowest BCUT2D eigenvalue weighted by molar-refractivity contribution is -0.104. The highest BCUT2D eigenvalue weighted by Crippen LogP contribution is 2.49. The smallest absolute Gasteiger partial charge is 0.466 e. The first-order valence-electron chi connectivity index (χ1n) is 10.9. The molecule has 1 saturated heterocycles. The van der Waals surface area contributed by atoms with Gasteiger partial charge < -0.3 is 29.5 Å². The van der Waals surface area contributed by atoms with Crippen molar-refractivity contribution in [2.75, 3.05) is 20.3 Å². The number of nitrogens with one attached hydrogen (secondary N) is 1. The largest absolute Gasteiger partial charge is 0.496 e. The van der Waals surface area contributed by atoms with Gasteiger partial charge in [0.1, 0.15) is 5.75 Å². The maximum absolute atomic E-state index is 8.88. The second kappa shape index (κ2) is 11.2. The van der Waals surface area contributed by atoms with Gasteiger partial charge in [0.25, 0.3) is 0 Å². The van der Waals surface area contributed by atoms with Crippen LogP contribution in [-0.2, 0) is 21.3 Å². The molecule has 2 aromatic heterocycles. The molecule has 1 aliphatic carbocycles. The molecule has 1 atom stereocenters. The molecule has 3 heterocycles. The highest BCUT2D eigenvalue weighted by molar-refractivity contribution is 7.45. The van der Waals surface area contributed by atoms with Crippen LogP contribution in [0.1, 0.15) is 55.5 Å². The lowest BCUT2D eigenvalue weighted by atomic mass is 9.68. The van der Waals surface area contributed by atoms with E-state index in [1.54, 1.807) is 18.4 Å². The van der Waals surface area contributed by atoms with Gasteiger partial charge in [-0.15, -0.1) is 11.3 Å². The maximum atomic E-state index is 8.88. The minimum absolute atomic E-state index is 0.0900. The Bertz CT molecular complexity index is 875. The van der Waals surface area contributed by atoms with E-state index in [9.17, 15) is 0 Å². The molecule has 2 aromatic rings. The van der Waals surface area contributed by atoms with Gasteiger partial charge in [0.15, 0.2) is 0 Å². The molecule has 4 N–H and O–H groups in total. The molecule has 2 fully saturated rings. The number of methoxy groups -OCH3 is 1. The Morgan fingerprint density at radius 1 is 1.22 bits per heavy atom. The topological polar surface area (TPSA) is 121 Å². The predicted octanol–water partition coefficient (Wildman–Crippen LogP) is 3.76. The van der Waals surface area contributed by atoms with E-state index in [1.807, 2.05) is 18.3 Å². The Labute approximate surface area is 193 Å². The van der Waals surface area contributed by atoms with E-state index < -0.39 is 7.82 Å². The van der Waals surface area contributed by atoms with Crippen molar-refractivity contribution in [1.82, 2.24) is 10.3 Å². The minimum atomic E-state index is -4.64. The summed E-state index contributed by atoms with van der Waals surface area (Å²) in [5.41, 5.74) is 1.46. The van der Waals surface area contributed by atoms with Crippen LogP contribution in [0, 0.1) is 0 Å². The number of nitrogens with zero attached hydrogens (tertiary/aromatic N) is 1. The van der Waals surface area contributed by atoms with Crippen molar-refractivity contribution in [3.8, 4) is 5.75 Å². The van der Waals surface area contributed by atoms with E-state index >= 15 is 0 Å². The third-order valence-electron chi connectivity index (χ3n) is 6.36. The van der Waals surface area contributed by atoms with Gasteiger partial charge in [0.05, 0.1) is 17.6 Å². The molecule has 0 bridgehead atoms. The number of ether oxygens (including phenoxy) is 2. The van der Waals surface area contributed by atoms with E-state index in [0.29, 0.717) is 0 Å². The van der Waals surface area contributed by atoms with Crippen LogP contribution in [0.5, 0.6) is 5.75 Å². The standard InChI is InChI=1S/C22H30N2O2S.H3O4P/c1-25-18-7-15-27-19(18)16-23-13-10-21(20-6-2-5-12-24-20)11-14-26-22(17-21)8-3-4-9-22;1-5(2,3)4/h2,5-7,12,15,23H,3-4,8-11,13-14,16-17H2,1H3;(H3,1,2,3,4)/t21-;/m1./s1. The van der Waals surface area contributed by atoms with Gasteiger partial charge in [0, 0.05) is 30.5 Å². The zero-order valence-corrected chi connectivity index (χ0v) is 20.1. The van der Waals surface area contributed by atoms with Gasteiger partial charge in [-0.3, -0.25) is 4.98 Å². The third-order valence-corrected chi connectivity index (χ3v) is 7.26. The van der Waals surface area contributed by atoms with Crippen molar-refractivity contribution in [2.24, 2.45) is 0 Å². The molecule has 1 saturated carbocycles. The van der Waals surface area contributed by atoms with E-state index in [1.165, 1.54) is 36.3 Å². The van der Waals surface area contributed by atoms with Crippen molar-refractivity contribution in [2.45, 2.75) is 62.5 Å². The van der Waals surface area contributed by atoms with Crippen LogP contribution in [-0.4, -0.2) is 45.5 Å². The molecule has 8 nitrogen and oxygen atoms in total. The summed E-state index contributed by atoms with van der Waals surface area (Å²) in [5, 5.41) is 5.74. The molecular formula is C22H33N2O6PS. The number of rotatable bonds is 7. The molecule has 4 rings (SSSR count). The van der Waals surface area contributed by atoms with Crippen molar-refractivity contribution in [3.05, 3.63) is 46.4 Å². The quantitative estimate of drug-likeness (QED) is 0.346. The summed E-state index contributed by atoms with van der Waals surface area (Å²) in [4.78, 5) is 27.6. The second-order valence-corrected chi connectivity index (χ2v) is 10.5. The van der Waals surface area contributed by atoms with Gasteiger partial charge in [-0.1, -0.05) is 18.9 Å². The monoisotopic (exact) mass is 484 g/mol. The van der Waals surface area contributed by atoms with Gasteiger partial charge in [0.2, 0.25) is 0 Å². The first-order valence-corrected chi connectivity index (χ1v) is 13.3. The summed E-state index contributed by atoms with van der Waals surface area (Å²) in [5.74, 6) is 0.989. The van der Waals surface area contributed by atoms with Gasteiger partial charge in [-0.05, 0) is 62.2 Å². The first kappa shape index (κ1) is 25.3. The molecule has 0 unspecified atom stereocenters. The van der Waals surface area contributed by atoms with Crippen LogP contribution in [0.25, 0.3) is 0 Å². The number of hydrogen-bond acceptors (Lipinski definition) is 6. The number of aromatic nitrogens is 1. The molecule has 0 amide bonds. The van der Waals surface area contributed by atoms with Crippen LogP contribution in [0.2, 0.25) is 0 Å².